The summed E-state index contributed by atoms with van der Waals surface area (Å²) in [5.74, 6) is -2.10. The number of benzene rings is 3. The normalized spacial score (nSPS) is 12.3. The van der Waals surface area contributed by atoms with Gasteiger partial charge < -0.3 is 16.2 Å². The number of phenols is 1. The van der Waals surface area contributed by atoms with E-state index in [1.54, 1.807) is 0 Å². The SMILES string of the molecule is Nc1cc(O)c(/N=N/c2cc(SOOO)ccc2S(=O)(=O)O)cc1/N=N/c1cc(Nc2cc(F)nc(F)n2)ccc1S(=O)(=O)O. The Balaban J connectivity index is 1.71. The first-order valence-corrected chi connectivity index (χ1v) is 15.1. The van der Waals surface area contributed by atoms with Gasteiger partial charge in [-0.15, -0.1) is 24.8 Å². The van der Waals surface area contributed by atoms with Crippen LogP contribution in [-0.2, 0) is 29.6 Å². The lowest BCUT2D eigenvalue weighted by Crippen LogP contribution is -2.02. The molecule has 0 atom stereocenters. The molecule has 7 N–H and O–H groups in total. The highest BCUT2D eigenvalue weighted by Gasteiger charge is 2.19. The second-order valence-corrected chi connectivity index (χ2v) is 11.8. The number of phenolic OH excluding ortho intramolecular Hbond substituents is 1. The molecule has 0 aliphatic rings. The first-order chi connectivity index (χ1) is 21.1. The monoisotopic (exact) mass is 686 g/mol. The van der Waals surface area contributed by atoms with Crippen LogP contribution >= 0.6 is 12.0 Å². The van der Waals surface area contributed by atoms with Crippen molar-refractivity contribution >= 4 is 72.2 Å². The van der Waals surface area contributed by atoms with Crippen molar-refractivity contribution in [3.8, 4) is 5.75 Å². The molecule has 0 amide bonds. The predicted octanol–water partition coefficient (Wildman–Crippen LogP) is 5.54. The number of hydrogen-bond donors (Lipinski definition) is 6. The van der Waals surface area contributed by atoms with E-state index in [0.29, 0.717) is 12.0 Å². The maximum absolute atomic E-state index is 13.4. The van der Waals surface area contributed by atoms with Gasteiger partial charge in [-0.3, -0.25) is 9.11 Å². The van der Waals surface area contributed by atoms with Crippen LogP contribution in [0.3, 0.4) is 0 Å². The second kappa shape index (κ2) is 13.5. The minimum atomic E-state index is -4.86. The van der Waals surface area contributed by atoms with Crippen molar-refractivity contribution in [2.24, 2.45) is 20.5 Å². The Morgan fingerprint density at radius 2 is 1.40 bits per heavy atom. The Hall–Kier alpha value is -4.75. The van der Waals surface area contributed by atoms with E-state index < -0.39 is 59.2 Å². The smallest absolute Gasteiger partial charge is 0.313 e. The fourth-order valence-corrected chi connectivity index (χ4v) is 4.96. The van der Waals surface area contributed by atoms with Crippen molar-refractivity contribution in [2.75, 3.05) is 11.1 Å². The highest BCUT2D eigenvalue weighted by molar-refractivity contribution is 7.94. The number of rotatable bonds is 11. The van der Waals surface area contributed by atoms with Crippen molar-refractivity contribution in [2.45, 2.75) is 14.7 Å². The number of nitrogens with two attached hydrogens (primary N) is 1. The molecular formula is C22H16F2N8O10S3. The van der Waals surface area contributed by atoms with E-state index in [2.05, 4.69) is 45.1 Å². The summed E-state index contributed by atoms with van der Waals surface area (Å²) in [5, 5.41) is 39.7. The molecule has 0 spiro atoms. The molecule has 0 saturated heterocycles. The largest absolute Gasteiger partial charge is 0.506 e. The lowest BCUT2D eigenvalue weighted by Gasteiger charge is -2.09. The summed E-state index contributed by atoms with van der Waals surface area (Å²) in [6.45, 7) is 0. The Morgan fingerprint density at radius 3 is 2.02 bits per heavy atom. The fraction of sp³-hybridized carbons (Fsp3) is 0. The van der Waals surface area contributed by atoms with Gasteiger partial charge in [0, 0.05) is 22.7 Å². The van der Waals surface area contributed by atoms with Crippen LogP contribution in [0.1, 0.15) is 0 Å². The average Bonchev–Trinajstić information content (AvgIpc) is 2.93. The number of nitrogen functional groups attached to an aromatic ring is 1. The highest BCUT2D eigenvalue weighted by Crippen LogP contribution is 2.39. The third-order valence-corrected chi connectivity index (χ3v) is 7.58. The van der Waals surface area contributed by atoms with E-state index in [1.807, 2.05) is 0 Å². The maximum Gasteiger partial charge on any atom is 0.313 e. The number of aromatic hydroxyl groups is 1. The minimum Gasteiger partial charge on any atom is -0.506 e. The number of azo groups is 2. The van der Waals surface area contributed by atoms with E-state index in [4.69, 9.17) is 11.0 Å². The molecule has 0 unspecified atom stereocenters. The van der Waals surface area contributed by atoms with E-state index in [-0.39, 0.29) is 33.5 Å². The summed E-state index contributed by atoms with van der Waals surface area (Å²) < 4.78 is 97.7. The lowest BCUT2D eigenvalue weighted by molar-refractivity contribution is -0.432. The van der Waals surface area contributed by atoms with Crippen molar-refractivity contribution < 1.29 is 54.5 Å². The van der Waals surface area contributed by atoms with Crippen molar-refractivity contribution in [1.82, 2.24) is 9.97 Å². The number of hydrogen-bond acceptors (Lipinski definition) is 17. The minimum absolute atomic E-state index is 0.00741. The average molecular weight is 687 g/mol. The van der Waals surface area contributed by atoms with Gasteiger partial charge in [-0.1, -0.05) is 5.04 Å². The van der Waals surface area contributed by atoms with Crippen LogP contribution < -0.4 is 11.1 Å². The van der Waals surface area contributed by atoms with Gasteiger partial charge in [-0.05, 0) is 42.5 Å². The quantitative estimate of drug-likeness (QED) is 0.0165. The van der Waals surface area contributed by atoms with Gasteiger partial charge in [0.05, 0.1) is 17.7 Å². The maximum atomic E-state index is 13.4. The molecule has 45 heavy (non-hydrogen) atoms. The zero-order valence-electron chi connectivity index (χ0n) is 21.7. The molecule has 0 saturated carbocycles. The summed E-state index contributed by atoms with van der Waals surface area (Å²) in [6.07, 6.45) is -1.38. The standard InChI is InChI=1S/C22H16F2N8O10S3/c23-20-9-21(28-22(24)27-20)26-10-1-3-18(44(35,36)37)15(5-10)31-29-13-8-14(17(33)7-12(13)25)30-32-16-6-11(43-42-41-34)2-4-19(16)45(38,39)40/h1-9,33-34H,25H2,(H,26,27,28)(H,35,36,37)(H,38,39,40)/b31-29+,32-30+. The van der Waals surface area contributed by atoms with E-state index in [0.717, 1.165) is 48.5 Å². The molecule has 4 aromatic rings. The van der Waals surface area contributed by atoms with Crippen LogP contribution in [0.2, 0.25) is 0 Å². The summed E-state index contributed by atoms with van der Waals surface area (Å²) in [7, 11) is -9.67. The molecule has 0 fully saturated rings. The summed E-state index contributed by atoms with van der Waals surface area (Å²) >= 11 is 0.445. The molecule has 1 heterocycles. The molecule has 4 rings (SSSR count). The topological polar surface area (TPSA) is 281 Å². The number of aromatic nitrogens is 2. The van der Waals surface area contributed by atoms with Crippen molar-refractivity contribution in [3.05, 3.63) is 66.6 Å². The van der Waals surface area contributed by atoms with E-state index >= 15 is 0 Å². The van der Waals surface area contributed by atoms with Crippen LogP contribution in [0.4, 0.5) is 48.7 Å². The van der Waals surface area contributed by atoms with Crippen molar-refractivity contribution in [1.29, 1.82) is 0 Å². The molecule has 23 heteroatoms. The first-order valence-electron chi connectivity index (χ1n) is 11.4. The number of halogens is 2. The van der Waals surface area contributed by atoms with Crippen LogP contribution in [-0.4, -0.2) is 46.3 Å². The van der Waals surface area contributed by atoms with Gasteiger partial charge in [-0.25, -0.2) is 5.26 Å². The Bertz CT molecular complexity index is 2030. The van der Waals surface area contributed by atoms with Gasteiger partial charge in [0.25, 0.3) is 20.2 Å². The summed E-state index contributed by atoms with van der Waals surface area (Å²) in [4.78, 5) is 4.94. The number of nitrogens with zero attached hydrogens (tertiary/aromatic N) is 6. The third kappa shape index (κ3) is 8.67. The van der Waals surface area contributed by atoms with E-state index in [9.17, 15) is 39.8 Å². The van der Waals surface area contributed by atoms with Crippen LogP contribution in [0.15, 0.2) is 89.7 Å². The molecular weight excluding hydrogens is 670 g/mol. The third-order valence-electron chi connectivity index (χ3n) is 5.20. The van der Waals surface area contributed by atoms with Gasteiger partial charge >= 0.3 is 6.08 Å². The van der Waals surface area contributed by atoms with Gasteiger partial charge in [0.1, 0.15) is 44.1 Å². The molecule has 0 aliphatic carbocycles. The molecule has 0 radical (unpaired) electrons. The van der Waals surface area contributed by atoms with Crippen LogP contribution in [0.5, 0.6) is 5.75 Å². The Morgan fingerprint density at radius 1 is 0.800 bits per heavy atom. The van der Waals surface area contributed by atoms with Crippen LogP contribution in [0.25, 0.3) is 0 Å². The van der Waals surface area contributed by atoms with Crippen LogP contribution in [0, 0.1) is 12.0 Å². The van der Waals surface area contributed by atoms with Crippen molar-refractivity contribution in [3.63, 3.8) is 0 Å². The number of anilines is 3. The summed E-state index contributed by atoms with van der Waals surface area (Å²) in [6, 6.07) is 9.02. The molecule has 18 nitrogen and oxygen atoms in total. The summed E-state index contributed by atoms with van der Waals surface area (Å²) in [5.41, 5.74) is 4.19. The molecule has 1 aromatic heterocycles. The van der Waals surface area contributed by atoms with Gasteiger partial charge in [0.15, 0.2) is 0 Å². The highest BCUT2D eigenvalue weighted by atomic mass is 32.2. The zero-order chi connectivity index (χ0) is 32.9. The number of nitrogens with one attached hydrogen (secondary N) is 1. The molecule has 3 aromatic carbocycles. The zero-order valence-corrected chi connectivity index (χ0v) is 24.1. The van der Waals surface area contributed by atoms with Gasteiger partial charge in [0.2, 0.25) is 5.95 Å². The first kappa shape index (κ1) is 33.1. The van der Waals surface area contributed by atoms with Gasteiger partial charge in [-0.2, -0.15) is 35.6 Å². The molecule has 0 bridgehead atoms. The fourth-order valence-electron chi connectivity index (χ4n) is 3.36. The predicted molar refractivity (Wildman–Crippen MR) is 149 cm³/mol. The lowest BCUT2D eigenvalue weighted by atomic mass is 10.2. The Kier molecular flexibility index (Phi) is 9.94. The molecule has 0 aliphatic heterocycles. The van der Waals surface area contributed by atoms with E-state index in [1.165, 1.54) is 6.07 Å². The Labute approximate surface area is 254 Å². The second-order valence-electron chi connectivity index (χ2n) is 8.26. The molecule has 236 valence electrons.